The molecule has 0 heterocycles. The summed E-state index contributed by atoms with van der Waals surface area (Å²) in [5.41, 5.74) is 2.24. The van der Waals surface area contributed by atoms with E-state index in [2.05, 4.69) is 20.7 Å². The summed E-state index contributed by atoms with van der Waals surface area (Å²) in [5.74, 6) is -0.409. The lowest BCUT2D eigenvalue weighted by Gasteiger charge is -2.11. The number of carbonyl (C=O) groups excluding carboxylic acids is 2. The van der Waals surface area contributed by atoms with Gasteiger partial charge in [0.05, 0.1) is 5.75 Å². The highest BCUT2D eigenvalue weighted by Crippen LogP contribution is 2.18. The molecule has 0 aliphatic heterocycles. The van der Waals surface area contributed by atoms with E-state index < -0.39 is 22.0 Å². The molecule has 3 amide bonds. The summed E-state index contributed by atoms with van der Waals surface area (Å²) in [5, 5.41) is 8.18. The minimum Gasteiger partial charge on any atom is -0.322 e. The Bertz CT molecular complexity index is 1200. The summed E-state index contributed by atoms with van der Waals surface area (Å²) >= 11 is 0. The van der Waals surface area contributed by atoms with Crippen molar-refractivity contribution in [1.82, 2.24) is 0 Å². The van der Waals surface area contributed by atoms with E-state index in [4.69, 9.17) is 0 Å². The molecular weight excluding hydrogens is 428 g/mol. The Balaban J connectivity index is 1.64. The highest BCUT2D eigenvalue weighted by atomic mass is 32.2. The molecule has 9 heteroatoms. The number of hydrogen-bond donors (Lipinski definition) is 4. The van der Waals surface area contributed by atoms with Gasteiger partial charge in [-0.1, -0.05) is 37.3 Å². The van der Waals surface area contributed by atoms with Gasteiger partial charge in [0, 0.05) is 28.3 Å². The summed E-state index contributed by atoms with van der Waals surface area (Å²) in [6.07, 6.45) is 0.489. The number of nitrogens with one attached hydrogen (secondary N) is 4. The molecule has 0 aromatic heterocycles. The number of hydrogen-bond acceptors (Lipinski definition) is 4. The summed E-state index contributed by atoms with van der Waals surface area (Å²) < 4.78 is 26.4. The molecule has 0 saturated heterocycles. The first-order valence-electron chi connectivity index (χ1n) is 9.99. The lowest BCUT2D eigenvalue weighted by Crippen LogP contribution is -2.19. The zero-order valence-electron chi connectivity index (χ0n) is 17.5. The van der Waals surface area contributed by atoms with Gasteiger partial charge in [0.1, 0.15) is 0 Å². The van der Waals surface area contributed by atoms with Gasteiger partial charge in [-0.05, 0) is 55.0 Å². The topological polar surface area (TPSA) is 116 Å². The minimum absolute atomic E-state index is 0.00106. The van der Waals surface area contributed by atoms with Crippen LogP contribution in [0.4, 0.5) is 27.5 Å². The molecule has 0 radical (unpaired) electrons. The zero-order valence-corrected chi connectivity index (χ0v) is 18.3. The van der Waals surface area contributed by atoms with Crippen molar-refractivity contribution in [3.05, 3.63) is 84.4 Å². The zero-order chi connectivity index (χ0) is 23.0. The highest BCUT2D eigenvalue weighted by Gasteiger charge is 2.12. The van der Waals surface area contributed by atoms with Crippen LogP contribution in [0.5, 0.6) is 0 Å². The van der Waals surface area contributed by atoms with Crippen LogP contribution in [0, 0.1) is 0 Å². The number of sulfonamides is 1. The molecule has 3 aromatic carbocycles. The van der Waals surface area contributed by atoms with E-state index in [1.165, 1.54) is 6.07 Å². The molecule has 0 aliphatic carbocycles. The van der Waals surface area contributed by atoms with E-state index in [-0.39, 0.29) is 5.75 Å². The summed E-state index contributed by atoms with van der Waals surface area (Å²) in [6, 6.07) is 21.6. The molecule has 0 fully saturated rings. The van der Waals surface area contributed by atoms with Gasteiger partial charge in [-0.3, -0.25) is 9.52 Å². The van der Waals surface area contributed by atoms with E-state index in [0.29, 0.717) is 34.7 Å². The van der Waals surface area contributed by atoms with Crippen molar-refractivity contribution in [2.75, 3.05) is 26.4 Å². The second kappa shape index (κ2) is 10.5. The van der Waals surface area contributed by atoms with Crippen molar-refractivity contribution in [1.29, 1.82) is 0 Å². The number of para-hydroxylation sites is 1. The molecule has 0 aliphatic rings. The largest absolute Gasteiger partial charge is 0.323 e. The van der Waals surface area contributed by atoms with Crippen LogP contribution in [0.1, 0.15) is 23.7 Å². The predicted molar refractivity (Wildman–Crippen MR) is 128 cm³/mol. The van der Waals surface area contributed by atoms with Gasteiger partial charge < -0.3 is 16.0 Å². The average Bonchev–Trinajstić information content (AvgIpc) is 2.74. The maximum Gasteiger partial charge on any atom is 0.323 e. The SMILES string of the molecule is CCCS(=O)(=O)Nc1cccc(C(=O)Nc2cccc(NC(=O)Nc3ccccc3)c2)c1. The fourth-order valence-electron chi connectivity index (χ4n) is 2.92. The van der Waals surface area contributed by atoms with Crippen molar-refractivity contribution >= 4 is 44.7 Å². The summed E-state index contributed by atoms with van der Waals surface area (Å²) in [7, 11) is -3.45. The quantitative estimate of drug-likeness (QED) is 0.395. The fourth-order valence-corrected chi connectivity index (χ4v) is 4.04. The highest BCUT2D eigenvalue weighted by molar-refractivity contribution is 7.92. The van der Waals surface area contributed by atoms with Crippen LogP contribution < -0.4 is 20.7 Å². The molecule has 0 spiro atoms. The number of carbonyl (C=O) groups is 2. The predicted octanol–water partition coefficient (Wildman–Crippen LogP) is 4.73. The third-order valence-corrected chi connectivity index (χ3v) is 5.77. The van der Waals surface area contributed by atoms with Gasteiger partial charge in [-0.2, -0.15) is 0 Å². The minimum atomic E-state index is -3.45. The molecule has 166 valence electrons. The van der Waals surface area contributed by atoms with Crippen molar-refractivity contribution < 1.29 is 18.0 Å². The Morgan fingerprint density at radius 2 is 1.31 bits per heavy atom. The number of anilines is 4. The molecule has 8 nitrogen and oxygen atoms in total. The molecule has 32 heavy (non-hydrogen) atoms. The van der Waals surface area contributed by atoms with Crippen LogP contribution in [0.3, 0.4) is 0 Å². The first-order valence-corrected chi connectivity index (χ1v) is 11.6. The molecule has 3 aromatic rings. The number of amides is 3. The van der Waals surface area contributed by atoms with Crippen molar-refractivity contribution in [3.63, 3.8) is 0 Å². The van der Waals surface area contributed by atoms with E-state index in [0.717, 1.165) is 0 Å². The summed E-state index contributed by atoms with van der Waals surface area (Å²) in [4.78, 5) is 24.8. The van der Waals surface area contributed by atoms with Crippen molar-refractivity contribution in [2.24, 2.45) is 0 Å². The van der Waals surface area contributed by atoms with E-state index in [9.17, 15) is 18.0 Å². The second-order valence-electron chi connectivity index (χ2n) is 6.98. The van der Waals surface area contributed by atoms with Gasteiger partial charge in [0.25, 0.3) is 5.91 Å². The Hall–Kier alpha value is -3.85. The van der Waals surface area contributed by atoms with Crippen molar-refractivity contribution in [2.45, 2.75) is 13.3 Å². The van der Waals surface area contributed by atoms with E-state index in [1.807, 2.05) is 18.2 Å². The monoisotopic (exact) mass is 452 g/mol. The molecule has 0 bridgehead atoms. The van der Waals surface area contributed by atoms with Crippen LogP contribution in [-0.2, 0) is 10.0 Å². The standard InChI is InChI=1S/C23H24N4O4S/c1-2-14-32(30,31)27-21-13-6-8-17(15-21)22(28)24-19-11-7-12-20(16-19)26-23(29)25-18-9-4-3-5-10-18/h3-13,15-16,27H,2,14H2,1H3,(H,24,28)(H2,25,26,29). The molecule has 0 atom stereocenters. The fraction of sp³-hybridized carbons (Fsp3) is 0.130. The maximum absolute atomic E-state index is 12.6. The Labute approximate surface area is 187 Å². The molecule has 4 N–H and O–H groups in total. The van der Waals surface area contributed by atoms with Crippen LogP contribution in [0.25, 0.3) is 0 Å². The van der Waals surface area contributed by atoms with Gasteiger partial charge in [-0.15, -0.1) is 0 Å². The molecular formula is C23H24N4O4S. The van der Waals surface area contributed by atoms with Gasteiger partial charge in [0.2, 0.25) is 10.0 Å². The smallest absolute Gasteiger partial charge is 0.322 e. The first-order chi connectivity index (χ1) is 15.3. The van der Waals surface area contributed by atoms with Gasteiger partial charge >= 0.3 is 6.03 Å². The maximum atomic E-state index is 12.6. The second-order valence-corrected chi connectivity index (χ2v) is 8.82. The van der Waals surface area contributed by atoms with Gasteiger partial charge in [0.15, 0.2) is 0 Å². The number of urea groups is 1. The third kappa shape index (κ3) is 6.85. The number of rotatable bonds is 8. The molecule has 0 unspecified atom stereocenters. The first kappa shape index (κ1) is 22.8. The number of benzene rings is 3. The molecule has 3 rings (SSSR count). The van der Waals surface area contributed by atoms with Crippen LogP contribution in [0.2, 0.25) is 0 Å². The normalized spacial score (nSPS) is 10.8. The summed E-state index contributed by atoms with van der Waals surface area (Å²) in [6.45, 7) is 1.78. The molecule has 0 saturated carbocycles. The average molecular weight is 453 g/mol. The van der Waals surface area contributed by atoms with Crippen LogP contribution in [-0.4, -0.2) is 26.1 Å². The van der Waals surface area contributed by atoms with Crippen LogP contribution in [0.15, 0.2) is 78.9 Å². The third-order valence-electron chi connectivity index (χ3n) is 4.28. The lowest BCUT2D eigenvalue weighted by atomic mass is 10.2. The lowest BCUT2D eigenvalue weighted by molar-refractivity contribution is 0.102. The van der Waals surface area contributed by atoms with Crippen molar-refractivity contribution in [3.8, 4) is 0 Å². The van der Waals surface area contributed by atoms with Gasteiger partial charge in [-0.25, -0.2) is 13.2 Å². The Morgan fingerprint density at radius 3 is 2.03 bits per heavy atom. The van der Waals surface area contributed by atoms with E-state index >= 15 is 0 Å². The Morgan fingerprint density at radius 1 is 0.719 bits per heavy atom. The van der Waals surface area contributed by atoms with Crippen LogP contribution >= 0.6 is 0 Å². The van der Waals surface area contributed by atoms with E-state index in [1.54, 1.807) is 61.5 Å². The Kier molecular flexibility index (Phi) is 7.45.